The van der Waals surface area contributed by atoms with Crippen LogP contribution in [-0.2, 0) is 4.74 Å². The van der Waals surface area contributed by atoms with Crippen LogP contribution in [0, 0.1) is 0 Å². The lowest BCUT2D eigenvalue weighted by atomic mass is 10.0. The SMILES string of the molecule is CC(C)(C)OC(=O)N1CCC(n2c(=O)[nH]c3cccc(Br)c32)CC1. The fourth-order valence-electron chi connectivity index (χ4n) is 3.12. The number of carbonyl (C=O) groups is 1. The number of benzene rings is 1. The van der Waals surface area contributed by atoms with Gasteiger partial charge in [0, 0.05) is 23.6 Å². The molecule has 0 saturated carbocycles. The van der Waals surface area contributed by atoms with Gasteiger partial charge in [-0.3, -0.25) is 4.57 Å². The molecule has 130 valence electrons. The summed E-state index contributed by atoms with van der Waals surface area (Å²) in [6.45, 7) is 6.76. The smallest absolute Gasteiger partial charge is 0.410 e. The number of rotatable bonds is 1. The van der Waals surface area contributed by atoms with Crippen LogP contribution in [0.1, 0.15) is 39.7 Å². The summed E-state index contributed by atoms with van der Waals surface area (Å²) in [6, 6.07) is 5.80. The minimum atomic E-state index is -0.493. The molecule has 1 aromatic carbocycles. The molecular formula is C17H22BrN3O3. The zero-order valence-electron chi connectivity index (χ0n) is 14.1. The molecule has 1 aliphatic rings. The molecule has 0 aliphatic carbocycles. The van der Waals surface area contributed by atoms with Crippen LogP contribution in [0.3, 0.4) is 0 Å². The number of halogens is 1. The van der Waals surface area contributed by atoms with E-state index in [-0.39, 0.29) is 17.8 Å². The second-order valence-electron chi connectivity index (χ2n) is 7.13. The summed E-state index contributed by atoms with van der Waals surface area (Å²) >= 11 is 3.53. The van der Waals surface area contributed by atoms with Crippen LogP contribution in [0.15, 0.2) is 27.5 Å². The van der Waals surface area contributed by atoms with Crippen molar-refractivity contribution in [3.8, 4) is 0 Å². The maximum atomic E-state index is 12.4. The number of hydrogen-bond acceptors (Lipinski definition) is 3. The first-order chi connectivity index (χ1) is 11.3. The summed E-state index contributed by atoms with van der Waals surface area (Å²) < 4.78 is 8.13. The van der Waals surface area contributed by atoms with E-state index in [1.807, 2.05) is 43.5 Å². The maximum absolute atomic E-state index is 12.4. The Morgan fingerprint density at radius 3 is 2.58 bits per heavy atom. The number of likely N-dealkylation sites (tertiary alicyclic amines) is 1. The Balaban J connectivity index is 1.77. The average molecular weight is 396 g/mol. The predicted octanol–water partition coefficient (Wildman–Crippen LogP) is 3.66. The normalized spacial score (nSPS) is 16.6. The number of para-hydroxylation sites is 1. The molecule has 1 aliphatic heterocycles. The second-order valence-corrected chi connectivity index (χ2v) is 7.99. The highest BCUT2D eigenvalue weighted by Gasteiger charge is 2.29. The van der Waals surface area contributed by atoms with Gasteiger partial charge in [0.05, 0.1) is 11.0 Å². The van der Waals surface area contributed by atoms with E-state index >= 15 is 0 Å². The van der Waals surface area contributed by atoms with Crippen molar-refractivity contribution in [2.45, 2.75) is 45.3 Å². The van der Waals surface area contributed by atoms with Crippen molar-refractivity contribution in [3.63, 3.8) is 0 Å². The van der Waals surface area contributed by atoms with E-state index in [4.69, 9.17) is 4.74 Å². The first kappa shape index (κ1) is 17.1. The number of hydrogen-bond donors (Lipinski definition) is 1. The van der Waals surface area contributed by atoms with Crippen molar-refractivity contribution in [1.82, 2.24) is 14.5 Å². The van der Waals surface area contributed by atoms with Crippen LogP contribution in [-0.4, -0.2) is 39.2 Å². The molecular weight excluding hydrogens is 374 g/mol. The third-order valence-corrected chi connectivity index (χ3v) is 4.81. The number of nitrogens with one attached hydrogen (secondary N) is 1. The lowest BCUT2D eigenvalue weighted by molar-refractivity contribution is 0.0189. The van der Waals surface area contributed by atoms with Gasteiger partial charge in [-0.25, -0.2) is 9.59 Å². The maximum Gasteiger partial charge on any atom is 0.410 e. The van der Waals surface area contributed by atoms with Gasteiger partial charge in [-0.15, -0.1) is 0 Å². The van der Waals surface area contributed by atoms with Crippen LogP contribution in [0.2, 0.25) is 0 Å². The summed E-state index contributed by atoms with van der Waals surface area (Å²) in [5.74, 6) is 0. The molecule has 1 fully saturated rings. The summed E-state index contributed by atoms with van der Waals surface area (Å²) in [5.41, 5.74) is 1.11. The Hall–Kier alpha value is -1.76. The Bertz CT molecular complexity index is 811. The monoisotopic (exact) mass is 395 g/mol. The van der Waals surface area contributed by atoms with Gasteiger partial charge < -0.3 is 14.6 Å². The fourth-order valence-corrected chi connectivity index (χ4v) is 3.68. The molecule has 24 heavy (non-hydrogen) atoms. The molecule has 0 spiro atoms. The van der Waals surface area contributed by atoms with Gasteiger partial charge in [-0.2, -0.15) is 0 Å². The van der Waals surface area contributed by atoms with Crippen LogP contribution >= 0.6 is 15.9 Å². The summed E-state index contributed by atoms with van der Waals surface area (Å²) in [7, 11) is 0. The topological polar surface area (TPSA) is 67.3 Å². The van der Waals surface area contributed by atoms with Crippen molar-refractivity contribution in [2.75, 3.05) is 13.1 Å². The van der Waals surface area contributed by atoms with Gasteiger partial charge >= 0.3 is 11.8 Å². The predicted molar refractivity (Wildman–Crippen MR) is 96.3 cm³/mol. The Morgan fingerprint density at radius 2 is 1.96 bits per heavy atom. The van der Waals surface area contributed by atoms with E-state index < -0.39 is 5.60 Å². The van der Waals surface area contributed by atoms with Crippen LogP contribution in [0.5, 0.6) is 0 Å². The molecule has 0 radical (unpaired) electrons. The Labute approximate surface area is 148 Å². The molecule has 2 aromatic rings. The average Bonchev–Trinajstić information content (AvgIpc) is 2.83. The first-order valence-electron chi connectivity index (χ1n) is 8.13. The number of piperidine rings is 1. The van der Waals surface area contributed by atoms with Gasteiger partial charge in [0.1, 0.15) is 5.60 Å². The quantitative estimate of drug-likeness (QED) is 0.800. The minimum absolute atomic E-state index is 0.0728. The number of carbonyl (C=O) groups excluding carboxylic acids is 1. The van der Waals surface area contributed by atoms with Crippen molar-refractivity contribution in [3.05, 3.63) is 33.2 Å². The molecule has 2 heterocycles. The number of aromatic nitrogens is 2. The number of H-pyrrole nitrogens is 1. The zero-order valence-corrected chi connectivity index (χ0v) is 15.7. The molecule has 1 amide bonds. The molecule has 0 unspecified atom stereocenters. The van der Waals surface area contributed by atoms with Crippen molar-refractivity contribution in [1.29, 1.82) is 0 Å². The van der Waals surface area contributed by atoms with E-state index in [0.717, 1.165) is 28.3 Å². The van der Waals surface area contributed by atoms with Crippen molar-refractivity contribution in [2.24, 2.45) is 0 Å². The molecule has 7 heteroatoms. The van der Waals surface area contributed by atoms with E-state index in [2.05, 4.69) is 20.9 Å². The van der Waals surface area contributed by atoms with E-state index in [1.54, 1.807) is 4.90 Å². The lowest BCUT2D eigenvalue weighted by Gasteiger charge is -2.33. The van der Waals surface area contributed by atoms with Gasteiger partial charge in [0.2, 0.25) is 0 Å². The number of amides is 1. The van der Waals surface area contributed by atoms with Crippen molar-refractivity contribution >= 4 is 33.1 Å². The standard InChI is InChI=1S/C17H22BrN3O3/c1-17(2,3)24-16(23)20-9-7-11(8-10-20)21-14-12(18)5-4-6-13(14)19-15(21)22/h4-6,11H,7-10H2,1-3H3,(H,19,22). The number of imidazole rings is 1. The van der Waals surface area contributed by atoms with E-state index in [9.17, 15) is 9.59 Å². The first-order valence-corrected chi connectivity index (χ1v) is 8.92. The largest absolute Gasteiger partial charge is 0.444 e. The number of aromatic amines is 1. The van der Waals surface area contributed by atoms with Crippen LogP contribution in [0.25, 0.3) is 11.0 Å². The summed E-state index contributed by atoms with van der Waals surface area (Å²) in [6.07, 6.45) is 1.18. The third kappa shape index (κ3) is 3.36. The van der Waals surface area contributed by atoms with Crippen LogP contribution in [0.4, 0.5) is 4.79 Å². The Kier molecular flexibility index (Phi) is 4.46. The van der Waals surface area contributed by atoms with Gasteiger partial charge in [-0.05, 0) is 61.7 Å². The zero-order chi connectivity index (χ0) is 17.5. The molecule has 0 atom stereocenters. The fraction of sp³-hybridized carbons (Fsp3) is 0.529. The molecule has 3 rings (SSSR count). The number of fused-ring (bicyclic) bond motifs is 1. The second kappa shape index (κ2) is 6.27. The van der Waals surface area contributed by atoms with Crippen LogP contribution < -0.4 is 5.69 Å². The van der Waals surface area contributed by atoms with Gasteiger partial charge in [0.15, 0.2) is 0 Å². The third-order valence-electron chi connectivity index (χ3n) is 4.17. The molecule has 1 aromatic heterocycles. The highest BCUT2D eigenvalue weighted by molar-refractivity contribution is 9.10. The van der Waals surface area contributed by atoms with Gasteiger partial charge in [0.25, 0.3) is 0 Å². The molecule has 1 N–H and O–H groups in total. The lowest BCUT2D eigenvalue weighted by Crippen LogP contribution is -2.43. The molecule has 1 saturated heterocycles. The van der Waals surface area contributed by atoms with Gasteiger partial charge in [-0.1, -0.05) is 6.07 Å². The van der Waals surface area contributed by atoms with Crippen molar-refractivity contribution < 1.29 is 9.53 Å². The highest BCUT2D eigenvalue weighted by Crippen LogP contribution is 2.29. The summed E-state index contributed by atoms with van der Waals surface area (Å²) in [4.78, 5) is 29.2. The molecule has 6 nitrogen and oxygen atoms in total. The summed E-state index contributed by atoms with van der Waals surface area (Å²) in [5, 5.41) is 0. The number of nitrogens with zero attached hydrogens (tertiary/aromatic N) is 2. The molecule has 0 bridgehead atoms. The highest BCUT2D eigenvalue weighted by atomic mass is 79.9. The van der Waals surface area contributed by atoms with E-state index in [1.165, 1.54) is 0 Å². The van der Waals surface area contributed by atoms with E-state index in [0.29, 0.717) is 13.1 Å². The Morgan fingerprint density at radius 1 is 1.29 bits per heavy atom. The minimum Gasteiger partial charge on any atom is -0.444 e. The number of ether oxygens (including phenoxy) is 1.